The van der Waals surface area contributed by atoms with Crippen molar-refractivity contribution in [3.05, 3.63) is 34.9 Å². The normalized spacial score (nSPS) is 9.33. The number of hydrogen-bond acceptors (Lipinski definition) is 1. The lowest BCUT2D eigenvalue weighted by molar-refractivity contribution is 0.0973. The minimum atomic E-state index is -0.231. The molecule has 3 heteroatoms. The van der Waals surface area contributed by atoms with E-state index in [1.807, 2.05) is 13.8 Å². The third kappa shape index (κ3) is 4.05. The molecule has 1 amide bonds. The molecule has 1 aromatic carbocycles. The molecule has 0 aliphatic carbocycles. The van der Waals surface area contributed by atoms with Crippen molar-refractivity contribution in [2.24, 2.45) is 5.92 Å². The first-order valence-electron chi connectivity index (χ1n) is 4.66. The largest absolute Gasteiger partial charge is 0.281 e. The second-order valence-corrected chi connectivity index (χ2v) is 3.82. The van der Waals surface area contributed by atoms with E-state index in [4.69, 9.17) is 11.6 Å². The van der Waals surface area contributed by atoms with Crippen LogP contribution in [0, 0.1) is 17.9 Å². The Hall–Kier alpha value is -1.46. The molecule has 0 saturated heterocycles. The molecule has 0 aromatic heterocycles. The van der Waals surface area contributed by atoms with Crippen molar-refractivity contribution in [1.29, 1.82) is 0 Å². The van der Waals surface area contributed by atoms with Gasteiger partial charge in [-0.3, -0.25) is 10.1 Å². The van der Waals surface area contributed by atoms with Crippen LogP contribution in [0.2, 0.25) is 5.02 Å². The van der Waals surface area contributed by atoms with Gasteiger partial charge in [-0.15, -0.1) is 0 Å². The maximum Gasteiger partial charge on any atom is 0.262 e. The molecule has 0 saturated carbocycles. The molecule has 0 radical (unpaired) electrons. The van der Waals surface area contributed by atoms with Gasteiger partial charge in [-0.25, -0.2) is 0 Å². The Kier molecular flexibility index (Phi) is 4.20. The zero-order chi connectivity index (χ0) is 11.3. The summed E-state index contributed by atoms with van der Waals surface area (Å²) < 4.78 is 0. The second-order valence-electron chi connectivity index (χ2n) is 3.39. The van der Waals surface area contributed by atoms with Gasteiger partial charge in [0, 0.05) is 22.5 Å². The molecule has 0 unspecified atom stereocenters. The summed E-state index contributed by atoms with van der Waals surface area (Å²) in [5.41, 5.74) is 0.514. The first-order chi connectivity index (χ1) is 7.09. The van der Waals surface area contributed by atoms with E-state index < -0.39 is 0 Å². The van der Waals surface area contributed by atoms with E-state index in [0.29, 0.717) is 10.6 Å². The van der Waals surface area contributed by atoms with Crippen molar-refractivity contribution in [2.45, 2.75) is 13.8 Å². The Morgan fingerprint density at radius 1 is 1.47 bits per heavy atom. The molecular formula is C12H12ClNO. The smallest absolute Gasteiger partial charge is 0.262 e. The van der Waals surface area contributed by atoms with Crippen LogP contribution in [-0.2, 0) is 0 Å². The molecule has 0 atom stereocenters. The summed E-state index contributed by atoms with van der Waals surface area (Å²) in [7, 11) is 0. The van der Waals surface area contributed by atoms with Crippen LogP contribution in [-0.4, -0.2) is 5.91 Å². The predicted octanol–water partition coefficient (Wildman–Crippen LogP) is 2.69. The number of amides is 1. The van der Waals surface area contributed by atoms with E-state index in [1.165, 1.54) is 0 Å². The average molecular weight is 222 g/mol. The van der Waals surface area contributed by atoms with Crippen molar-refractivity contribution >= 4 is 17.5 Å². The summed E-state index contributed by atoms with van der Waals surface area (Å²) in [4.78, 5) is 11.5. The molecule has 1 rings (SSSR count). The molecule has 78 valence electrons. The molecule has 1 N–H and O–H groups in total. The van der Waals surface area contributed by atoms with Gasteiger partial charge in [-0.1, -0.05) is 37.4 Å². The van der Waals surface area contributed by atoms with Crippen molar-refractivity contribution in [3.63, 3.8) is 0 Å². The highest BCUT2D eigenvalue weighted by Crippen LogP contribution is 2.10. The van der Waals surface area contributed by atoms with Crippen LogP contribution in [0.1, 0.15) is 24.2 Å². The lowest BCUT2D eigenvalue weighted by atomic mass is 10.2. The third-order valence-corrected chi connectivity index (χ3v) is 1.86. The van der Waals surface area contributed by atoms with Gasteiger partial charge < -0.3 is 0 Å². The van der Waals surface area contributed by atoms with Crippen LogP contribution in [0.4, 0.5) is 0 Å². The number of carbonyl (C=O) groups excluding carboxylic acids is 1. The number of halogens is 1. The number of hydrogen-bond donors (Lipinski definition) is 1. The van der Waals surface area contributed by atoms with Gasteiger partial charge >= 0.3 is 0 Å². The molecule has 0 aliphatic heterocycles. The molecular weight excluding hydrogens is 210 g/mol. The Morgan fingerprint density at radius 2 is 2.20 bits per heavy atom. The van der Waals surface area contributed by atoms with E-state index in [9.17, 15) is 4.79 Å². The summed E-state index contributed by atoms with van der Waals surface area (Å²) in [5.74, 6) is 2.86. The predicted molar refractivity (Wildman–Crippen MR) is 61.5 cm³/mol. The maximum atomic E-state index is 11.5. The fraction of sp³-hybridized carbons (Fsp3) is 0.250. The summed E-state index contributed by atoms with van der Waals surface area (Å²) in [5, 5.41) is 3.04. The number of nitrogens with one attached hydrogen (secondary N) is 1. The van der Waals surface area contributed by atoms with Crippen LogP contribution in [0.25, 0.3) is 0 Å². The molecule has 15 heavy (non-hydrogen) atoms. The van der Waals surface area contributed by atoms with E-state index in [2.05, 4.69) is 17.3 Å². The quantitative estimate of drug-likeness (QED) is 0.573. The van der Waals surface area contributed by atoms with Crippen LogP contribution >= 0.6 is 11.6 Å². The van der Waals surface area contributed by atoms with Crippen molar-refractivity contribution in [3.8, 4) is 12.0 Å². The summed E-state index contributed by atoms with van der Waals surface area (Å²) in [6.45, 7) is 3.91. The topological polar surface area (TPSA) is 29.1 Å². The molecule has 2 nitrogen and oxygen atoms in total. The summed E-state index contributed by atoms with van der Waals surface area (Å²) >= 11 is 5.76. The van der Waals surface area contributed by atoms with Crippen LogP contribution < -0.4 is 5.32 Å². The third-order valence-electron chi connectivity index (χ3n) is 1.62. The van der Waals surface area contributed by atoms with Gasteiger partial charge in [0.1, 0.15) is 0 Å². The van der Waals surface area contributed by atoms with Crippen molar-refractivity contribution < 1.29 is 4.79 Å². The Labute approximate surface area is 94.6 Å². The van der Waals surface area contributed by atoms with E-state index >= 15 is 0 Å². The molecule has 0 heterocycles. The van der Waals surface area contributed by atoms with Gasteiger partial charge in [-0.2, -0.15) is 0 Å². The first-order valence-corrected chi connectivity index (χ1v) is 5.04. The highest BCUT2D eigenvalue weighted by Gasteiger charge is 2.02. The monoisotopic (exact) mass is 221 g/mol. The van der Waals surface area contributed by atoms with Gasteiger partial charge in [0.25, 0.3) is 5.91 Å². The summed E-state index contributed by atoms with van der Waals surface area (Å²) in [6, 6.07) is 9.36. The molecule has 1 aromatic rings. The Bertz CT molecular complexity index is 415. The van der Waals surface area contributed by atoms with Gasteiger partial charge in [0.15, 0.2) is 0 Å². The summed E-state index contributed by atoms with van der Waals surface area (Å²) in [6.07, 6.45) is 0. The highest BCUT2D eigenvalue weighted by atomic mass is 35.5. The van der Waals surface area contributed by atoms with Gasteiger partial charge in [0.2, 0.25) is 0 Å². The first kappa shape index (κ1) is 11.6. The van der Waals surface area contributed by atoms with E-state index in [1.54, 1.807) is 24.3 Å². The fourth-order valence-corrected chi connectivity index (χ4v) is 1.13. The van der Waals surface area contributed by atoms with Crippen LogP contribution in [0.3, 0.4) is 0 Å². The van der Waals surface area contributed by atoms with Crippen molar-refractivity contribution in [2.75, 3.05) is 0 Å². The standard InChI is InChI=1S/C12H12ClNO/c1-9(2)6-7-14-12(15)10-4-3-5-11(13)8-10/h3-5,8-9H,1-2H3,(H,14,15). The van der Waals surface area contributed by atoms with Gasteiger partial charge in [0.05, 0.1) is 0 Å². The second kappa shape index (κ2) is 5.43. The highest BCUT2D eigenvalue weighted by molar-refractivity contribution is 6.30. The average Bonchev–Trinajstić information content (AvgIpc) is 2.17. The minimum Gasteiger partial charge on any atom is -0.281 e. The SMILES string of the molecule is CC(C)C#CNC(=O)c1cccc(Cl)c1. The number of rotatable bonds is 1. The lowest BCUT2D eigenvalue weighted by Crippen LogP contribution is -2.17. The fourth-order valence-electron chi connectivity index (χ4n) is 0.939. The van der Waals surface area contributed by atoms with Gasteiger partial charge in [-0.05, 0) is 18.2 Å². The van der Waals surface area contributed by atoms with E-state index in [0.717, 1.165) is 0 Å². The molecule has 0 bridgehead atoms. The maximum absolute atomic E-state index is 11.5. The number of benzene rings is 1. The van der Waals surface area contributed by atoms with Crippen LogP contribution in [0.15, 0.2) is 24.3 Å². The molecule has 0 spiro atoms. The Balaban J connectivity index is 2.67. The molecule has 0 fully saturated rings. The Morgan fingerprint density at radius 3 is 2.80 bits per heavy atom. The lowest BCUT2D eigenvalue weighted by Gasteiger charge is -1.98. The van der Waals surface area contributed by atoms with Crippen molar-refractivity contribution in [1.82, 2.24) is 5.32 Å². The zero-order valence-corrected chi connectivity index (χ0v) is 9.43. The minimum absolute atomic E-state index is 0.231. The number of carbonyl (C=O) groups is 1. The molecule has 0 aliphatic rings. The van der Waals surface area contributed by atoms with E-state index in [-0.39, 0.29) is 11.8 Å². The zero-order valence-electron chi connectivity index (χ0n) is 8.67. The van der Waals surface area contributed by atoms with Crippen LogP contribution in [0.5, 0.6) is 0 Å².